The molecule has 0 saturated heterocycles. The Labute approximate surface area is 105 Å². The molecule has 1 rings (SSSR count). The van der Waals surface area contributed by atoms with E-state index in [9.17, 15) is 0 Å². The third-order valence-electron chi connectivity index (χ3n) is 3.19. The van der Waals surface area contributed by atoms with E-state index in [0.29, 0.717) is 0 Å². The van der Waals surface area contributed by atoms with Crippen LogP contribution in [0.25, 0.3) is 0 Å². The van der Waals surface area contributed by atoms with E-state index in [2.05, 4.69) is 38.3 Å². The summed E-state index contributed by atoms with van der Waals surface area (Å²) in [7, 11) is 0. The molecule has 0 amide bonds. The van der Waals surface area contributed by atoms with Gasteiger partial charge >= 0.3 is 0 Å². The Morgan fingerprint density at radius 2 is 2.00 bits per heavy atom. The summed E-state index contributed by atoms with van der Waals surface area (Å²) in [5.74, 6) is 1.77. The van der Waals surface area contributed by atoms with Gasteiger partial charge in [0, 0.05) is 4.88 Å². The van der Waals surface area contributed by atoms with Gasteiger partial charge in [-0.1, -0.05) is 52.5 Å². The second-order valence-corrected chi connectivity index (χ2v) is 6.30. The monoisotopic (exact) mass is 238 g/mol. The third-order valence-corrected chi connectivity index (χ3v) is 4.09. The minimum Gasteiger partial charge on any atom is -0.149 e. The van der Waals surface area contributed by atoms with Crippen molar-refractivity contribution in [2.45, 2.75) is 59.3 Å². The van der Waals surface area contributed by atoms with Gasteiger partial charge in [0.1, 0.15) is 0 Å². The van der Waals surface area contributed by atoms with Crippen LogP contribution in [0.2, 0.25) is 0 Å². The van der Waals surface area contributed by atoms with Crippen molar-refractivity contribution in [2.24, 2.45) is 11.8 Å². The van der Waals surface area contributed by atoms with Crippen LogP contribution in [-0.4, -0.2) is 0 Å². The van der Waals surface area contributed by atoms with Crippen molar-refractivity contribution in [1.82, 2.24) is 0 Å². The first-order valence-electron chi connectivity index (χ1n) is 6.74. The summed E-state index contributed by atoms with van der Waals surface area (Å²) in [6.45, 7) is 6.97. The highest BCUT2D eigenvalue weighted by atomic mass is 32.1. The first kappa shape index (κ1) is 13.8. The Hall–Kier alpha value is -0.300. The molecule has 0 aliphatic rings. The van der Waals surface area contributed by atoms with Crippen LogP contribution in [0.1, 0.15) is 57.8 Å². The molecular weight excluding hydrogens is 212 g/mol. The molecule has 1 aromatic heterocycles. The van der Waals surface area contributed by atoms with Gasteiger partial charge in [-0.3, -0.25) is 0 Å². The van der Waals surface area contributed by atoms with E-state index < -0.39 is 0 Å². The molecule has 1 heteroatoms. The number of hydrogen-bond donors (Lipinski definition) is 0. The van der Waals surface area contributed by atoms with Gasteiger partial charge in [-0.05, 0) is 36.1 Å². The summed E-state index contributed by atoms with van der Waals surface area (Å²) in [5, 5.41) is 2.20. The van der Waals surface area contributed by atoms with Crippen molar-refractivity contribution in [3.05, 3.63) is 22.4 Å². The van der Waals surface area contributed by atoms with E-state index in [4.69, 9.17) is 0 Å². The van der Waals surface area contributed by atoms with Crippen molar-refractivity contribution in [3.63, 3.8) is 0 Å². The van der Waals surface area contributed by atoms with E-state index in [-0.39, 0.29) is 0 Å². The molecule has 1 atom stereocenters. The van der Waals surface area contributed by atoms with Crippen LogP contribution in [0.4, 0.5) is 0 Å². The SMILES string of the molecule is CCCCC(CCC(C)C)Cc1cccs1. The zero-order valence-corrected chi connectivity index (χ0v) is 11.9. The highest BCUT2D eigenvalue weighted by Gasteiger charge is 2.10. The minimum absolute atomic E-state index is 0.854. The average Bonchev–Trinajstić information content (AvgIpc) is 2.74. The fraction of sp³-hybridized carbons (Fsp3) is 0.733. The highest BCUT2D eigenvalue weighted by Crippen LogP contribution is 2.24. The van der Waals surface area contributed by atoms with Crippen molar-refractivity contribution in [1.29, 1.82) is 0 Å². The predicted molar refractivity (Wildman–Crippen MR) is 75.1 cm³/mol. The third kappa shape index (κ3) is 5.69. The summed E-state index contributed by atoms with van der Waals surface area (Å²) >= 11 is 1.92. The Bertz CT molecular complexity index is 248. The van der Waals surface area contributed by atoms with Gasteiger partial charge in [0.05, 0.1) is 0 Å². The zero-order chi connectivity index (χ0) is 11.8. The lowest BCUT2D eigenvalue weighted by molar-refractivity contribution is 0.390. The fourth-order valence-corrected chi connectivity index (χ4v) is 2.94. The minimum atomic E-state index is 0.854. The molecule has 0 nitrogen and oxygen atoms in total. The van der Waals surface area contributed by atoms with Crippen LogP contribution in [0.5, 0.6) is 0 Å². The smallest absolute Gasteiger partial charge is 0.00479 e. The molecule has 0 aromatic carbocycles. The topological polar surface area (TPSA) is 0 Å². The van der Waals surface area contributed by atoms with E-state index in [1.165, 1.54) is 38.5 Å². The molecular formula is C15H26S. The van der Waals surface area contributed by atoms with Crippen molar-refractivity contribution in [3.8, 4) is 0 Å². The Balaban J connectivity index is 2.36. The van der Waals surface area contributed by atoms with E-state index >= 15 is 0 Å². The molecule has 0 spiro atoms. The summed E-state index contributed by atoms with van der Waals surface area (Å²) in [6, 6.07) is 4.47. The predicted octanol–water partition coefficient (Wildman–Crippen LogP) is 5.53. The lowest BCUT2D eigenvalue weighted by Crippen LogP contribution is -2.05. The molecule has 0 aliphatic heterocycles. The molecule has 0 bridgehead atoms. The maximum atomic E-state index is 2.34. The number of hydrogen-bond acceptors (Lipinski definition) is 1. The van der Waals surface area contributed by atoms with E-state index in [0.717, 1.165) is 11.8 Å². The number of unbranched alkanes of at least 4 members (excludes halogenated alkanes) is 1. The van der Waals surface area contributed by atoms with Crippen LogP contribution in [-0.2, 0) is 6.42 Å². The highest BCUT2D eigenvalue weighted by molar-refractivity contribution is 7.09. The molecule has 0 aliphatic carbocycles. The van der Waals surface area contributed by atoms with Crippen LogP contribution in [0.3, 0.4) is 0 Å². The van der Waals surface area contributed by atoms with Crippen LogP contribution in [0, 0.1) is 11.8 Å². The largest absolute Gasteiger partial charge is 0.149 e. The Morgan fingerprint density at radius 3 is 2.56 bits per heavy atom. The molecule has 0 radical (unpaired) electrons. The lowest BCUT2D eigenvalue weighted by Gasteiger charge is -2.17. The average molecular weight is 238 g/mol. The maximum absolute atomic E-state index is 2.34. The van der Waals surface area contributed by atoms with Crippen LogP contribution in [0.15, 0.2) is 17.5 Å². The molecule has 1 unspecified atom stereocenters. The summed E-state index contributed by atoms with van der Waals surface area (Å²) < 4.78 is 0. The number of thiophene rings is 1. The summed E-state index contributed by atoms with van der Waals surface area (Å²) in [4.78, 5) is 1.57. The molecule has 0 saturated carbocycles. The molecule has 0 fully saturated rings. The zero-order valence-electron chi connectivity index (χ0n) is 11.0. The molecule has 16 heavy (non-hydrogen) atoms. The molecule has 1 heterocycles. The van der Waals surface area contributed by atoms with Crippen molar-refractivity contribution < 1.29 is 0 Å². The summed E-state index contributed by atoms with van der Waals surface area (Å²) in [5.41, 5.74) is 0. The van der Waals surface area contributed by atoms with Gasteiger partial charge in [-0.15, -0.1) is 11.3 Å². The van der Waals surface area contributed by atoms with Crippen LogP contribution < -0.4 is 0 Å². The summed E-state index contributed by atoms with van der Waals surface area (Å²) in [6.07, 6.45) is 8.26. The quantitative estimate of drug-likeness (QED) is 0.558. The number of rotatable bonds is 8. The molecule has 92 valence electrons. The molecule has 0 N–H and O–H groups in total. The second kappa shape index (κ2) is 7.89. The Morgan fingerprint density at radius 1 is 1.19 bits per heavy atom. The van der Waals surface area contributed by atoms with Gasteiger partial charge in [0.2, 0.25) is 0 Å². The Kier molecular flexibility index (Phi) is 6.79. The van der Waals surface area contributed by atoms with E-state index in [1.807, 2.05) is 11.3 Å². The normalized spacial score (nSPS) is 13.2. The second-order valence-electron chi connectivity index (χ2n) is 5.26. The van der Waals surface area contributed by atoms with Crippen molar-refractivity contribution in [2.75, 3.05) is 0 Å². The van der Waals surface area contributed by atoms with Gasteiger partial charge in [0.15, 0.2) is 0 Å². The van der Waals surface area contributed by atoms with Gasteiger partial charge in [-0.25, -0.2) is 0 Å². The van der Waals surface area contributed by atoms with Crippen molar-refractivity contribution >= 4 is 11.3 Å². The van der Waals surface area contributed by atoms with E-state index in [1.54, 1.807) is 4.88 Å². The first-order valence-corrected chi connectivity index (χ1v) is 7.62. The lowest BCUT2D eigenvalue weighted by atomic mass is 9.90. The standard InChI is InChI=1S/C15H26S/c1-4-5-7-14(10-9-13(2)3)12-15-8-6-11-16-15/h6,8,11,13-14H,4-5,7,9-10,12H2,1-3H3. The van der Waals surface area contributed by atoms with Crippen LogP contribution >= 0.6 is 11.3 Å². The first-order chi connectivity index (χ1) is 7.72. The maximum Gasteiger partial charge on any atom is 0.00479 e. The van der Waals surface area contributed by atoms with Gasteiger partial charge < -0.3 is 0 Å². The molecule has 1 aromatic rings. The fourth-order valence-electron chi connectivity index (χ4n) is 2.12. The van der Waals surface area contributed by atoms with Gasteiger partial charge in [-0.2, -0.15) is 0 Å². The van der Waals surface area contributed by atoms with Gasteiger partial charge in [0.25, 0.3) is 0 Å².